The van der Waals surface area contributed by atoms with Crippen LogP contribution in [-0.2, 0) is 4.79 Å². The van der Waals surface area contributed by atoms with Crippen molar-refractivity contribution < 1.29 is 9.21 Å². The second-order valence-corrected chi connectivity index (χ2v) is 5.13. The van der Waals surface area contributed by atoms with Crippen molar-refractivity contribution in [3.8, 4) is 6.07 Å². The highest BCUT2D eigenvalue weighted by Crippen LogP contribution is 2.17. The van der Waals surface area contributed by atoms with Gasteiger partial charge in [-0.05, 0) is 40.4 Å². The van der Waals surface area contributed by atoms with Crippen molar-refractivity contribution in [3.05, 3.63) is 52.1 Å². The molecule has 0 saturated carbocycles. The van der Waals surface area contributed by atoms with Crippen LogP contribution < -0.4 is 5.32 Å². The summed E-state index contributed by atoms with van der Waals surface area (Å²) in [6.07, 6.45) is 2.93. The highest BCUT2D eigenvalue weighted by atomic mass is 32.1. The zero-order valence-electron chi connectivity index (χ0n) is 11.0. The van der Waals surface area contributed by atoms with Crippen LogP contribution in [0.5, 0.6) is 0 Å². The molecule has 20 heavy (non-hydrogen) atoms. The summed E-state index contributed by atoms with van der Waals surface area (Å²) in [5.74, 6) is 0.322. The molecule has 2 aromatic rings. The number of hydrogen-bond donors (Lipinski definition) is 1. The van der Waals surface area contributed by atoms with E-state index in [-0.39, 0.29) is 17.4 Å². The van der Waals surface area contributed by atoms with E-state index in [9.17, 15) is 4.79 Å². The summed E-state index contributed by atoms with van der Waals surface area (Å²) in [4.78, 5) is 11.9. The Morgan fingerprint density at radius 3 is 3.05 bits per heavy atom. The maximum absolute atomic E-state index is 11.9. The fourth-order valence-electron chi connectivity index (χ4n) is 1.68. The maximum atomic E-state index is 11.9. The number of furan rings is 1. The Hall–Kier alpha value is -2.32. The van der Waals surface area contributed by atoms with Crippen LogP contribution in [0.15, 0.2) is 45.2 Å². The van der Waals surface area contributed by atoms with Crippen LogP contribution in [0.4, 0.5) is 0 Å². The van der Waals surface area contributed by atoms with E-state index in [1.165, 1.54) is 17.9 Å². The highest BCUT2D eigenvalue weighted by Gasteiger charge is 2.12. The molecule has 0 aromatic carbocycles. The monoisotopic (exact) mass is 286 g/mol. The second kappa shape index (κ2) is 6.73. The number of rotatable bonds is 5. The molecule has 2 rings (SSSR count). The third-order valence-electron chi connectivity index (χ3n) is 2.88. The van der Waals surface area contributed by atoms with Gasteiger partial charge < -0.3 is 9.73 Å². The lowest BCUT2D eigenvalue weighted by Gasteiger charge is -2.10. The zero-order chi connectivity index (χ0) is 14.4. The van der Waals surface area contributed by atoms with Crippen molar-refractivity contribution in [3.63, 3.8) is 0 Å². The minimum absolute atomic E-state index is 0.0393. The van der Waals surface area contributed by atoms with Gasteiger partial charge in [0.05, 0.1) is 6.26 Å². The molecule has 102 valence electrons. The first-order valence-electron chi connectivity index (χ1n) is 6.16. The van der Waals surface area contributed by atoms with E-state index in [4.69, 9.17) is 9.68 Å². The third-order valence-corrected chi connectivity index (χ3v) is 3.58. The number of thiophene rings is 1. The summed E-state index contributed by atoms with van der Waals surface area (Å²) in [7, 11) is 0. The smallest absolute Gasteiger partial charge is 0.262 e. The van der Waals surface area contributed by atoms with Gasteiger partial charge in [-0.3, -0.25) is 4.79 Å². The number of amides is 1. The summed E-state index contributed by atoms with van der Waals surface area (Å²) in [6.45, 7) is 2.53. The Morgan fingerprint density at radius 2 is 2.45 bits per heavy atom. The predicted octanol–water partition coefficient (Wildman–Crippen LogP) is 3.17. The fraction of sp³-hybridized carbons (Fsp3) is 0.200. The van der Waals surface area contributed by atoms with Gasteiger partial charge in [-0.2, -0.15) is 16.6 Å². The lowest BCUT2D eigenvalue weighted by atomic mass is 10.1. The van der Waals surface area contributed by atoms with Crippen molar-refractivity contribution in [2.75, 3.05) is 6.54 Å². The van der Waals surface area contributed by atoms with Gasteiger partial charge in [0.15, 0.2) is 0 Å². The van der Waals surface area contributed by atoms with E-state index in [0.717, 1.165) is 0 Å². The molecule has 1 N–H and O–H groups in total. The van der Waals surface area contributed by atoms with E-state index in [2.05, 4.69) is 10.7 Å². The standard InChI is InChI=1S/C15H14N2O2S/c1-11(12-4-6-20-10-12)9-17-15(18)13(8-16)7-14-3-2-5-19-14/h2-7,10-11H,9H2,1H3,(H,17,18)/b13-7-. The van der Waals surface area contributed by atoms with Gasteiger partial charge in [0.1, 0.15) is 17.4 Å². The minimum atomic E-state index is -0.383. The van der Waals surface area contributed by atoms with Crippen molar-refractivity contribution >= 4 is 23.3 Å². The Morgan fingerprint density at radius 1 is 1.60 bits per heavy atom. The molecule has 0 aliphatic carbocycles. The van der Waals surface area contributed by atoms with Crippen LogP contribution in [0.1, 0.15) is 24.2 Å². The molecule has 2 aromatic heterocycles. The van der Waals surface area contributed by atoms with Crippen LogP contribution in [0.3, 0.4) is 0 Å². The number of nitrogens with one attached hydrogen (secondary N) is 1. The van der Waals surface area contributed by atoms with Gasteiger partial charge in [0.25, 0.3) is 5.91 Å². The van der Waals surface area contributed by atoms with E-state index in [1.807, 2.05) is 24.4 Å². The first kappa shape index (κ1) is 14.1. The average molecular weight is 286 g/mol. The Balaban J connectivity index is 1.95. The average Bonchev–Trinajstić information content (AvgIpc) is 3.14. The van der Waals surface area contributed by atoms with Crippen LogP contribution in [-0.4, -0.2) is 12.5 Å². The van der Waals surface area contributed by atoms with Gasteiger partial charge >= 0.3 is 0 Å². The molecule has 4 nitrogen and oxygen atoms in total. The molecule has 0 radical (unpaired) electrons. The number of carbonyl (C=O) groups excluding carboxylic acids is 1. The predicted molar refractivity (Wildman–Crippen MR) is 78.0 cm³/mol. The first-order chi connectivity index (χ1) is 9.70. The normalized spacial score (nSPS) is 12.7. The summed E-state index contributed by atoms with van der Waals surface area (Å²) in [5.41, 5.74) is 1.22. The molecule has 0 fully saturated rings. The second-order valence-electron chi connectivity index (χ2n) is 4.35. The molecule has 0 saturated heterocycles. The molecule has 0 aliphatic rings. The molecule has 1 amide bonds. The van der Waals surface area contributed by atoms with E-state index >= 15 is 0 Å². The zero-order valence-corrected chi connectivity index (χ0v) is 11.8. The van der Waals surface area contributed by atoms with E-state index in [1.54, 1.807) is 23.5 Å². The number of nitrogens with zero attached hydrogens (tertiary/aromatic N) is 1. The summed E-state index contributed by atoms with van der Waals surface area (Å²) in [5, 5.41) is 15.9. The third kappa shape index (κ3) is 3.59. The van der Waals surface area contributed by atoms with Crippen LogP contribution in [0.2, 0.25) is 0 Å². The van der Waals surface area contributed by atoms with E-state index in [0.29, 0.717) is 12.3 Å². The van der Waals surface area contributed by atoms with Crippen molar-refractivity contribution in [1.29, 1.82) is 5.26 Å². The van der Waals surface area contributed by atoms with Crippen LogP contribution >= 0.6 is 11.3 Å². The number of carbonyl (C=O) groups is 1. The molecular formula is C15H14N2O2S. The summed E-state index contributed by atoms with van der Waals surface area (Å²) < 4.78 is 5.09. The Bertz CT molecular complexity index is 621. The largest absolute Gasteiger partial charge is 0.465 e. The SMILES string of the molecule is CC(CNC(=O)/C(C#N)=C\c1ccco1)c1ccsc1. The van der Waals surface area contributed by atoms with Crippen molar-refractivity contribution in [1.82, 2.24) is 5.32 Å². The quantitative estimate of drug-likeness (QED) is 0.678. The molecule has 5 heteroatoms. The van der Waals surface area contributed by atoms with Gasteiger partial charge in [0.2, 0.25) is 0 Å². The maximum Gasteiger partial charge on any atom is 0.262 e. The van der Waals surface area contributed by atoms with Crippen molar-refractivity contribution in [2.45, 2.75) is 12.8 Å². The van der Waals surface area contributed by atoms with E-state index < -0.39 is 0 Å². The Kier molecular flexibility index (Phi) is 4.75. The van der Waals surface area contributed by atoms with Gasteiger partial charge in [-0.25, -0.2) is 0 Å². The van der Waals surface area contributed by atoms with Crippen LogP contribution in [0, 0.1) is 11.3 Å². The van der Waals surface area contributed by atoms with Crippen LogP contribution in [0.25, 0.3) is 6.08 Å². The van der Waals surface area contributed by atoms with Gasteiger partial charge in [-0.1, -0.05) is 6.92 Å². The number of hydrogen-bond acceptors (Lipinski definition) is 4. The number of nitriles is 1. The van der Waals surface area contributed by atoms with Crippen molar-refractivity contribution in [2.24, 2.45) is 0 Å². The molecule has 1 atom stereocenters. The van der Waals surface area contributed by atoms with Gasteiger partial charge in [-0.15, -0.1) is 0 Å². The fourth-order valence-corrected chi connectivity index (χ4v) is 2.46. The molecule has 2 heterocycles. The topological polar surface area (TPSA) is 66.0 Å². The lowest BCUT2D eigenvalue weighted by Crippen LogP contribution is -2.28. The minimum Gasteiger partial charge on any atom is -0.465 e. The molecular weight excluding hydrogens is 272 g/mol. The Labute approximate surface area is 121 Å². The lowest BCUT2D eigenvalue weighted by molar-refractivity contribution is -0.117. The molecule has 0 bridgehead atoms. The molecule has 0 aliphatic heterocycles. The summed E-state index contributed by atoms with van der Waals surface area (Å²) >= 11 is 1.63. The molecule has 0 spiro atoms. The van der Waals surface area contributed by atoms with Gasteiger partial charge in [0, 0.05) is 12.6 Å². The molecule has 1 unspecified atom stereocenters. The highest BCUT2D eigenvalue weighted by molar-refractivity contribution is 7.07. The first-order valence-corrected chi connectivity index (χ1v) is 7.10. The summed E-state index contributed by atoms with van der Waals surface area (Å²) in [6, 6.07) is 7.32.